The number of ether oxygens (including phenoxy) is 1. The Morgan fingerprint density at radius 1 is 1.24 bits per heavy atom. The lowest BCUT2D eigenvalue weighted by molar-refractivity contribution is 0.103. The van der Waals surface area contributed by atoms with Gasteiger partial charge in [-0.3, -0.25) is 14.2 Å². The van der Waals surface area contributed by atoms with Crippen molar-refractivity contribution in [3.63, 3.8) is 0 Å². The average molecular weight is 396 g/mol. The first-order valence-corrected chi connectivity index (χ1v) is 9.72. The lowest BCUT2D eigenvalue weighted by Gasteiger charge is -2.19. The van der Waals surface area contributed by atoms with Gasteiger partial charge in [0.2, 0.25) is 5.88 Å². The fourth-order valence-electron chi connectivity index (χ4n) is 3.17. The van der Waals surface area contributed by atoms with Crippen molar-refractivity contribution in [2.24, 2.45) is 0 Å². The van der Waals surface area contributed by atoms with Gasteiger partial charge in [-0.15, -0.1) is 0 Å². The number of carbonyl (C=O) groups excluding carboxylic acids is 1. The highest BCUT2D eigenvalue weighted by Crippen LogP contribution is 2.27. The third-order valence-corrected chi connectivity index (χ3v) is 4.91. The van der Waals surface area contributed by atoms with E-state index >= 15 is 0 Å². The number of aromatic hydroxyl groups is 1. The van der Waals surface area contributed by atoms with Crippen LogP contribution in [0.4, 0.5) is 0 Å². The third kappa shape index (κ3) is 4.75. The van der Waals surface area contributed by atoms with E-state index < -0.39 is 17.2 Å². The first-order chi connectivity index (χ1) is 13.6. The molecule has 1 aromatic heterocycles. The molecule has 1 N–H and O–H groups in total. The Morgan fingerprint density at radius 2 is 1.86 bits per heavy atom. The van der Waals surface area contributed by atoms with Gasteiger partial charge in [-0.1, -0.05) is 45.0 Å². The van der Waals surface area contributed by atoms with E-state index in [1.807, 2.05) is 25.1 Å². The third-order valence-electron chi connectivity index (χ3n) is 4.91. The van der Waals surface area contributed by atoms with Crippen LogP contribution in [0.5, 0.6) is 5.88 Å². The number of rotatable bonds is 7. The SMILES string of the molecule is CCOCCCn1c(O)c(C(=O)c2ccc(C(C)(C)C)cc2)c(C)c(C#N)c1=O. The molecule has 2 aromatic rings. The number of aromatic nitrogens is 1. The Morgan fingerprint density at radius 3 is 2.38 bits per heavy atom. The van der Waals surface area contributed by atoms with Gasteiger partial charge in [0.15, 0.2) is 5.78 Å². The Balaban J connectivity index is 2.52. The van der Waals surface area contributed by atoms with E-state index in [2.05, 4.69) is 20.8 Å². The van der Waals surface area contributed by atoms with Crippen molar-refractivity contribution in [3.8, 4) is 11.9 Å². The Labute approximate surface area is 171 Å². The van der Waals surface area contributed by atoms with Crippen molar-refractivity contribution in [2.75, 3.05) is 13.2 Å². The van der Waals surface area contributed by atoms with Crippen molar-refractivity contribution in [1.82, 2.24) is 4.57 Å². The fourth-order valence-corrected chi connectivity index (χ4v) is 3.17. The number of carbonyl (C=O) groups is 1. The molecular weight excluding hydrogens is 368 g/mol. The summed E-state index contributed by atoms with van der Waals surface area (Å²) in [5, 5.41) is 20.2. The highest BCUT2D eigenvalue weighted by Gasteiger charge is 2.25. The molecule has 29 heavy (non-hydrogen) atoms. The molecule has 0 fully saturated rings. The lowest BCUT2D eigenvalue weighted by atomic mass is 9.86. The molecule has 6 nitrogen and oxygen atoms in total. The molecule has 0 saturated carbocycles. The summed E-state index contributed by atoms with van der Waals surface area (Å²) in [6.07, 6.45) is 0.475. The van der Waals surface area contributed by atoms with Gasteiger partial charge in [-0.05, 0) is 36.8 Å². The van der Waals surface area contributed by atoms with E-state index in [-0.39, 0.29) is 28.7 Å². The highest BCUT2D eigenvalue weighted by molar-refractivity contribution is 6.11. The van der Waals surface area contributed by atoms with E-state index in [0.717, 1.165) is 10.1 Å². The largest absolute Gasteiger partial charge is 0.494 e. The number of ketones is 1. The summed E-state index contributed by atoms with van der Waals surface area (Å²) in [4.78, 5) is 25.7. The van der Waals surface area contributed by atoms with Gasteiger partial charge in [-0.25, -0.2) is 0 Å². The molecule has 0 aliphatic rings. The monoisotopic (exact) mass is 396 g/mol. The van der Waals surface area contributed by atoms with Crippen molar-refractivity contribution in [2.45, 2.75) is 53.0 Å². The lowest BCUT2D eigenvalue weighted by Crippen LogP contribution is -2.27. The molecule has 0 bridgehead atoms. The van der Waals surface area contributed by atoms with E-state index in [0.29, 0.717) is 25.2 Å². The summed E-state index contributed by atoms with van der Waals surface area (Å²) in [6.45, 7) is 10.7. The standard InChI is InChI=1S/C23H28N2O4/c1-6-29-13-7-12-25-21(27)18(14-24)15(2)19(22(25)28)20(26)16-8-10-17(11-9-16)23(3,4)5/h8-11,28H,6-7,12-13H2,1-5H3. The maximum Gasteiger partial charge on any atom is 0.271 e. The number of nitrogens with zero attached hydrogens (tertiary/aromatic N) is 2. The highest BCUT2D eigenvalue weighted by atomic mass is 16.5. The zero-order valence-corrected chi connectivity index (χ0v) is 17.7. The van der Waals surface area contributed by atoms with Gasteiger partial charge in [0, 0.05) is 25.3 Å². The van der Waals surface area contributed by atoms with Gasteiger partial charge < -0.3 is 9.84 Å². The summed E-state index contributed by atoms with van der Waals surface area (Å²) in [6, 6.07) is 9.05. The van der Waals surface area contributed by atoms with E-state index in [1.54, 1.807) is 12.1 Å². The predicted octanol–water partition coefficient (Wildman–Crippen LogP) is 3.69. The van der Waals surface area contributed by atoms with Crippen LogP contribution in [0.15, 0.2) is 29.1 Å². The maximum atomic E-state index is 13.1. The Bertz CT molecular complexity index is 990. The molecule has 154 valence electrons. The molecule has 0 aliphatic carbocycles. The molecule has 0 saturated heterocycles. The molecule has 0 unspecified atom stereocenters. The number of nitriles is 1. The second-order valence-electron chi connectivity index (χ2n) is 7.97. The molecule has 0 radical (unpaired) electrons. The Kier molecular flexibility index (Phi) is 6.99. The van der Waals surface area contributed by atoms with E-state index in [4.69, 9.17) is 4.74 Å². The second-order valence-corrected chi connectivity index (χ2v) is 7.97. The minimum absolute atomic E-state index is 0.0129. The van der Waals surface area contributed by atoms with Crippen LogP contribution in [0.3, 0.4) is 0 Å². The van der Waals surface area contributed by atoms with Crippen molar-refractivity contribution in [1.29, 1.82) is 5.26 Å². The molecule has 0 aliphatic heterocycles. The van der Waals surface area contributed by atoms with Crippen LogP contribution in [-0.2, 0) is 16.7 Å². The summed E-state index contributed by atoms with van der Waals surface area (Å²) in [7, 11) is 0. The number of benzene rings is 1. The summed E-state index contributed by atoms with van der Waals surface area (Å²) in [5.74, 6) is -0.830. The van der Waals surface area contributed by atoms with Gasteiger partial charge in [-0.2, -0.15) is 5.26 Å². The minimum Gasteiger partial charge on any atom is -0.494 e. The molecule has 2 rings (SSSR count). The topological polar surface area (TPSA) is 92.3 Å². The van der Waals surface area contributed by atoms with Crippen LogP contribution in [-0.4, -0.2) is 28.7 Å². The van der Waals surface area contributed by atoms with Crippen LogP contribution >= 0.6 is 0 Å². The fraction of sp³-hybridized carbons (Fsp3) is 0.435. The van der Waals surface area contributed by atoms with Gasteiger partial charge in [0.05, 0.1) is 5.56 Å². The minimum atomic E-state index is -0.598. The van der Waals surface area contributed by atoms with E-state index in [9.17, 15) is 20.0 Å². The zero-order chi connectivity index (χ0) is 21.8. The first-order valence-electron chi connectivity index (χ1n) is 9.72. The van der Waals surface area contributed by atoms with Crippen LogP contribution in [0.1, 0.15) is 66.7 Å². The molecular formula is C23H28N2O4. The Hall–Kier alpha value is -2.91. The number of pyridine rings is 1. The number of hydrogen-bond donors (Lipinski definition) is 1. The summed E-state index contributed by atoms with van der Waals surface area (Å²) in [5.41, 5.74) is 0.865. The average Bonchev–Trinajstić information content (AvgIpc) is 2.67. The zero-order valence-electron chi connectivity index (χ0n) is 17.7. The molecule has 0 amide bonds. The molecule has 1 aromatic carbocycles. The molecule has 0 atom stereocenters. The first kappa shape index (κ1) is 22.4. The smallest absolute Gasteiger partial charge is 0.271 e. The van der Waals surface area contributed by atoms with Crippen LogP contribution in [0, 0.1) is 18.3 Å². The van der Waals surface area contributed by atoms with Gasteiger partial charge >= 0.3 is 0 Å². The van der Waals surface area contributed by atoms with E-state index in [1.165, 1.54) is 6.92 Å². The second kappa shape index (κ2) is 9.06. The van der Waals surface area contributed by atoms with Gasteiger partial charge in [0.25, 0.3) is 5.56 Å². The van der Waals surface area contributed by atoms with Crippen molar-refractivity contribution >= 4 is 5.78 Å². The molecule has 0 spiro atoms. The predicted molar refractivity (Wildman–Crippen MR) is 112 cm³/mol. The van der Waals surface area contributed by atoms with Crippen LogP contribution < -0.4 is 5.56 Å². The van der Waals surface area contributed by atoms with Crippen LogP contribution in [0.2, 0.25) is 0 Å². The number of hydrogen-bond acceptors (Lipinski definition) is 5. The van der Waals surface area contributed by atoms with Gasteiger partial charge in [0.1, 0.15) is 11.6 Å². The molecule has 1 heterocycles. The maximum absolute atomic E-state index is 13.1. The van der Waals surface area contributed by atoms with Crippen molar-refractivity contribution < 1.29 is 14.6 Å². The molecule has 6 heteroatoms. The summed E-state index contributed by atoms with van der Waals surface area (Å²) >= 11 is 0. The quantitative estimate of drug-likeness (QED) is 0.569. The summed E-state index contributed by atoms with van der Waals surface area (Å²) < 4.78 is 6.36. The van der Waals surface area contributed by atoms with Crippen molar-refractivity contribution in [3.05, 3.63) is 62.4 Å². The normalized spacial score (nSPS) is 11.3. The van der Waals surface area contributed by atoms with Crippen LogP contribution in [0.25, 0.3) is 0 Å².